The molecule has 0 spiro atoms. The highest BCUT2D eigenvalue weighted by Gasteiger charge is 2.25. The number of para-hydroxylation sites is 1. The number of rotatable bonds is 6. The molecule has 3 N–H and O–H groups in total. The van der Waals surface area contributed by atoms with Gasteiger partial charge in [-0.05, 0) is 37.8 Å². The summed E-state index contributed by atoms with van der Waals surface area (Å²) in [6.45, 7) is 7.53. The molecule has 0 saturated heterocycles. The maximum Gasteiger partial charge on any atom is 0.0963 e. The second kappa shape index (κ2) is 5.86. The van der Waals surface area contributed by atoms with Gasteiger partial charge in [0.05, 0.1) is 5.84 Å². The van der Waals surface area contributed by atoms with Crippen molar-refractivity contribution >= 4 is 11.5 Å². The molecule has 1 aromatic rings. The number of nitrogens with one attached hydrogen (secondary N) is 1. The lowest BCUT2D eigenvalue weighted by molar-refractivity contribution is 0.439. The van der Waals surface area contributed by atoms with Crippen LogP contribution < -0.4 is 10.6 Å². The van der Waals surface area contributed by atoms with Crippen molar-refractivity contribution < 1.29 is 0 Å². The van der Waals surface area contributed by atoms with Crippen molar-refractivity contribution in [2.45, 2.75) is 52.5 Å². The maximum atomic E-state index is 7.60. The van der Waals surface area contributed by atoms with E-state index in [-0.39, 0.29) is 5.41 Å². The summed E-state index contributed by atoms with van der Waals surface area (Å²) in [6.07, 6.45) is 4.44. The Morgan fingerprint density at radius 1 is 1.35 bits per heavy atom. The molecule has 2 rings (SSSR count). The maximum absolute atomic E-state index is 7.60. The standard InChI is InChI=1S/C17H27N3/c1-13-12-14-8-4-5-9-15(14)20(13)11-7-6-10-17(2,3)16(18)19/h4-5,8-9,13H,6-7,10-12H2,1-3H3,(H3,18,19). The molecule has 1 aromatic carbocycles. The zero-order chi connectivity index (χ0) is 14.8. The van der Waals surface area contributed by atoms with Gasteiger partial charge in [0.25, 0.3) is 0 Å². The van der Waals surface area contributed by atoms with E-state index in [0.29, 0.717) is 11.9 Å². The lowest BCUT2D eigenvalue weighted by Crippen LogP contribution is -2.32. The lowest BCUT2D eigenvalue weighted by Gasteiger charge is -2.26. The Morgan fingerprint density at radius 2 is 2.05 bits per heavy atom. The fourth-order valence-electron chi connectivity index (χ4n) is 2.95. The van der Waals surface area contributed by atoms with Crippen LogP contribution in [0.2, 0.25) is 0 Å². The van der Waals surface area contributed by atoms with Gasteiger partial charge in [-0.15, -0.1) is 0 Å². The minimum absolute atomic E-state index is 0.158. The van der Waals surface area contributed by atoms with Crippen molar-refractivity contribution in [1.29, 1.82) is 5.41 Å². The van der Waals surface area contributed by atoms with Crippen LogP contribution in [0.3, 0.4) is 0 Å². The summed E-state index contributed by atoms with van der Waals surface area (Å²) in [5.74, 6) is 0.303. The number of anilines is 1. The van der Waals surface area contributed by atoms with Crippen LogP contribution in [0.15, 0.2) is 24.3 Å². The van der Waals surface area contributed by atoms with E-state index in [2.05, 4.69) is 49.9 Å². The molecule has 0 saturated carbocycles. The number of nitrogens with two attached hydrogens (primary N) is 1. The van der Waals surface area contributed by atoms with Gasteiger partial charge in [-0.3, -0.25) is 5.41 Å². The van der Waals surface area contributed by atoms with Gasteiger partial charge in [-0.25, -0.2) is 0 Å². The topological polar surface area (TPSA) is 53.1 Å². The second-order valence-corrected chi connectivity index (χ2v) is 6.63. The Bertz CT molecular complexity index is 479. The molecule has 3 heteroatoms. The van der Waals surface area contributed by atoms with Crippen LogP contribution in [0.1, 0.15) is 45.6 Å². The first kappa shape index (κ1) is 14.9. The van der Waals surface area contributed by atoms with Crippen LogP contribution in [0.5, 0.6) is 0 Å². The molecule has 1 heterocycles. The molecule has 1 aliphatic rings. The SMILES string of the molecule is CC1Cc2ccccc2N1CCCCC(C)(C)C(=N)N. The predicted octanol–water partition coefficient (Wildman–Crippen LogP) is 3.57. The largest absolute Gasteiger partial charge is 0.387 e. The number of hydrogen-bond acceptors (Lipinski definition) is 2. The molecule has 0 amide bonds. The highest BCUT2D eigenvalue weighted by Crippen LogP contribution is 2.32. The number of nitrogens with zero attached hydrogens (tertiary/aromatic N) is 1. The fourth-order valence-corrected chi connectivity index (χ4v) is 2.95. The molecule has 0 bridgehead atoms. The van der Waals surface area contributed by atoms with Crippen molar-refractivity contribution in [3.63, 3.8) is 0 Å². The van der Waals surface area contributed by atoms with Gasteiger partial charge in [0.1, 0.15) is 0 Å². The first-order valence-electron chi connectivity index (χ1n) is 7.61. The van der Waals surface area contributed by atoms with Crippen molar-refractivity contribution in [1.82, 2.24) is 0 Å². The summed E-state index contributed by atoms with van der Waals surface area (Å²) in [6, 6.07) is 9.34. The van der Waals surface area contributed by atoms with Crippen molar-refractivity contribution in [2.75, 3.05) is 11.4 Å². The molecule has 1 unspecified atom stereocenters. The quantitative estimate of drug-likeness (QED) is 0.473. The first-order chi connectivity index (χ1) is 9.42. The molecule has 0 aromatic heterocycles. The number of fused-ring (bicyclic) bond motifs is 1. The predicted molar refractivity (Wildman–Crippen MR) is 86.5 cm³/mol. The van der Waals surface area contributed by atoms with Gasteiger partial charge in [-0.2, -0.15) is 0 Å². The summed E-state index contributed by atoms with van der Waals surface area (Å²) in [4.78, 5) is 2.52. The van der Waals surface area contributed by atoms with Crippen molar-refractivity contribution in [2.24, 2.45) is 11.1 Å². The molecule has 3 nitrogen and oxygen atoms in total. The molecule has 0 aliphatic carbocycles. The molecule has 1 aliphatic heterocycles. The van der Waals surface area contributed by atoms with Crippen LogP contribution in [0, 0.1) is 10.8 Å². The Balaban J connectivity index is 1.85. The van der Waals surface area contributed by atoms with Crippen LogP contribution in [0.4, 0.5) is 5.69 Å². The molecule has 20 heavy (non-hydrogen) atoms. The first-order valence-corrected chi connectivity index (χ1v) is 7.61. The van der Waals surface area contributed by atoms with Gasteiger partial charge < -0.3 is 10.6 Å². The minimum Gasteiger partial charge on any atom is -0.387 e. The average Bonchev–Trinajstić information content (AvgIpc) is 2.70. The number of benzene rings is 1. The average molecular weight is 273 g/mol. The molecule has 0 fully saturated rings. The summed E-state index contributed by atoms with van der Waals surface area (Å²) in [5, 5.41) is 7.60. The van der Waals surface area contributed by atoms with Crippen molar-refractivity contribution in [3.05, 3.63) is 29.8 Å². The lowest BCUT2D eigenvalue weighted by atomic mass is 9.86. The number of unbranched alkanes of at least 4 members (excludes halogenated alkanes) is 1. The molecular formula is C17H27N3. The Kier molecular flexibility index (Phi) is 4.36. The summed E-state index contributed by atoms with van der Waals surface area (Å²) < 4.78 is 0. The van der Waals surface area contributed by atoms with Gasteiger partial charge >= 0.3 is 0 Å². The van der Waals surface area contributed by atoms with E-state index in [0.717, 1.165) is 32.2 Å². The number of amidine groups is 1. The van der Waals surface area contributed by atoms with E-state index < -0.39 is 0 Å². The van der Waals surface area contributed by atoms with E-state index in [9.17, 15) is 0 Å². The molecule has 110 valence electrons. The fraction of sp³-hybridized carbons (Fsp3) is 0.588. The zero-order valence-electron chi connectivity index (χ0n) is 12.9. The molecular weight excluding hydrogens is 246 g/mol. The molecule has 1 atom stereocenters. The van der Waals surface area contributed by atoms with E-state index >= 15 is 0 Å². The Hall–Kier alpha value is -1.51. The van der Waals surface area contributed by atoms with E-state index in [1.807, 2.05) is 0 Å². The van der Waals surface area contributed by atoms with Crippen LogP contribution in [-0.4, -0.2) is 18.4 Å². The van der Waals surface area contributed by atoms with Crippen LogP contribution >= 0.6 is 0 Å². The smallest absolute Gasteiger partial charge is 0.0963 e. The summed E-state index contributed by atoms with van der Waals surface area (Å²) in [7, 11) is 0. The van der Waals surface area contributed by atoms with Crippen LogP contribution in [0.25, 0.3) is 0 Å². The third-order valence-electron chi connectivity index (χ3n) is 4.53. The van der Waals surface area contributed by atoms with Crippen molar-refractivity contribution in [3.8, 4) is 0 Å². The zero-order valence-corrected chi connectivity index (χ0v) is 12.9. The van der Waals surface area contributed by atoms with E-state index in [4.69, 9.17) is 11.1 Å². The summed E-state index contributed by atoms with van der Waals surface area (Å²) >= 11 is 0. The highest BCUT2D eigenvalue weighted by atomic mass is 15.2. The Morgan fingerprint density at radius 3 is 2.75 bits per heavy atom. The second-order valence-electron chi connectivity index (χ2n) is 6.63. The van der Waals surface area contributed by atoms with Gasteiger partial charge in [0, 0.05) is 23.7 Å². The third kappa shape index (κ3) is 3.14. The molecule has 0 radical (unpaired) electrons. The normalized spacial score (nSPS) is 18.1. The third-order valence-corrected chi connectivity index (χ3v) is 4.53. The van der Waals surface area contributed by atoms with Gasteiger partial charge in [-0.1, -0.05) is 38.5 Å². The summed E-state index contributed by atoms with van der Waals surface area (Å²) in [5.41, 5.74) is 8.36. The number of hydrogen-bond donors (Lipinski definition) is 2. The minimum atomic E-state index is -0.158. The van der Waals surface area contributed by atoms with Gasteiger partial charge in [0.2, 0.25) is 0 Å². The van der Waals surface area contributed by atoms with Gasteiger partial charge in [0.15, 0.2) is 0 Å². The monoisotopic (exact) mass is 273 g/mol. The van der Waals surface area contributed by atoms with E-state index in [1.54, 1.807) is 0 Å². The van der Waals surface area contributed by atoms with Crippen LogP contribution in [-0.2, 0) is 6.42 Å². The highest BCUT2D eigenvalue weighted by molar-refractivity contribution is 5.82. The Labute approximate surface area is 122 Å². The van der Waals surface area contributed by atoms with E-state index in [1.165, 1.54) is 11.3 Å².